The summed E-state index contributed by atoms with van der Waals surface area (Å²) in [4.78, 5) is 29.6. The summed E-state index contributed by atoms with van der Waals surface area (Å²) < 4.78 is 7.28. The van der Waals surface area contributed by atoms with Crippen LogP contribution >= 0.6 is 23.1 Å². The van der Waals surface area contributed by atoms with Gasteiger partial charge in [0, 0.05) is 11.6 Å². The van der Waals surface area contributed by atoms with Crippen LogP contribution in [-0.2, 0) is 9.53 Å². The Morgan fingerprint density at radius 2 is 2.00 bits per heavy atom. The molecule has 170 valence electrons. The molecule has 4 rings (SSSR count). The first-order valence-corrected chi connectivity index (χ1v) is 12.1. The maximum absolute atomic E-state index is 13.2. The first-order chi connectivity index (χ1) is 16.0. The van der Waals surface area contributed by atoms with Crippen molar-refractivity contribution in [1.82, 2.24) is 25.0 Å². The smallest absolute Gasteiger partial charge is 0.316 e. The molecule has 0 saturated carbocycles. The fourth-order valence-electron chi connectivity index (χ4n) is 3.15. The molecule has 4 aromatic rings. The Hall–Kier alpha value is -3.31. The molecule has 0 aliphatic heterocycles. The van der Waals surface area contributed by atoms with Gasteiger partial charge in [-0.2, -0.15) is 5.10 Å². The van der Waals surface area contributed by atoms with Crippen molar-refractivity contribution < 1.29 is 14.3 Å². The zero-order valence-electron chi connectivity index (χ0n) is 18.3. The van der Waals surface area contributed by atoms with Crippen LogP contribution in [0.1, 0.15) is 37.2 Å². The van der Waals surface area contributed by atoms with E-state index in [1.54, 1.807) is 23.9 Å². The van der Waals surface area contributed by atoms with Crippen LogP contribution in [0.25, 0.3) is 22.3 Å². The number of nitrogens with one attached hydrogen (secondary N) is 1. The lowest BCUT2D eigenvalue weighted by Gasteiger charge is -2.10. The molecule has 3 heterocycles. The molecule has 0 atom stereocenters. The number of hydrogen-bond donors (Lipinski definition) is 1. The SMILES string of the molecule is CCOC(=O)CSc1nnc(NC(=O)c2cc(-c3ccccc3)nc3c2cnn3C(C)C)s1. The highest BCUT2D eigenvalue weighted by molar-refractivity contribution is 8.01. The molecule has 0 unspecified atom stereocenters. The number of rotatable bonds is 8. The minimum Gasteiger partial charge on any atom is -0.465 e. The van der Waals surface area contributed by atoms with Gasteiger partial charge in [0.15, 0.2) is 9.99 Å². The summed E-state index contributed by atoms with van der Waals surface area (Å²) in [5, 5.41) is 16.3. The van der Waals surface area contributed by atoms with E-state index < -0.39 is 0 Å². The van der Waals surface area contributed by atoms with Crippen LogP contribution in [-0.4, -0.2) is 49.2 Å². The Labute approximate surface area is 198 Å². The lowest BCUT2D eigenvalue weighted by Crippen LogP contribution is -2.13. The number of carbonyl (C=O) groups is 2. The lowest BCUT2D eigenvalue weighted by atomic mass is 10.1. The molecule has 1 amide bonds. The Morgan fingerprint density at radius 1 is 1.21 bits per heavy atom. The number of benzene rings is 1. The average molecular weight is 483 g/mol. The van der Waals surface area contributed by atoms with Crippen molar-refractivity contribution in [3.63, 3.8) is 0 Å². The number of nitrogens with zero attached hydrogens (tertiary/aromatic N) is 5. The van der Waals surface area contributed by atoms with Gasteiger partial charge in [0.25, 0.3) is 5.91 Å². The fourth-order valence-corrected chi connectivity index (χ4v) is 4.69. The summed E-state index contributed by atoms with van der Waals surface area (Å²) in [6, 6.07) is 11.5. The number of thioether (sulfide) groups is 1. The third kappa shape index (κ3) is 5.20. The first-order valence-electron chi connectivity index (χ1n) is 10.3. The number of anilines is 1. The van der Waals surface area contributed by atoms with Gasteiger partial charge < -0.3 is 4.74 Å². The number of carbonyl (C=O) groups excluding carboxylic acids is 2. The minimum absolute atomic E-state index is 0.0825. The van der Waals surface area contributed by atoms with Crippen LogP contribution in [0.15, 0.2) is 46.9 Å². The largest absolute Gasteiger partial charge is 0.465 e. The molecule has 0 spiro atoms. The highest BCUT2D eigenvalue weighted by atomic mass is 32.2. The number of aromatic nitrogens is 5. The van der Waals surface area contributed by atoms with Gasteiger partial charge in [-0.15, -0.1) is 10.2 Å². The van der Waals surface area contributed by atoms with E-state index in [2.05, 4.69) is 20.6 Å². The molecule has 9 nitrogen and oxygen atoms in total. The van der Waals surface area contributed by atoms with Gasteiger partial charge in [-0.25, -0.2) is 9.67 Å². The van der Waals surface area contributed by atoms with E-state index in [1.807, 2.05) is 44.2 Å². The van der Waals surface area contributed by atoms with Crippen LogP contribution in [0.4, 0.5) is 5.13 Å². The van der Waals surface area contributed by atoms with E-state index in [0.29, 0.717) is 38.4 Å². The first kappa shape index (κ1) is 22.9. The highest BCUT2D eigenvalue weighted by Gasteiger charge is 2.20. The second kappa shape index (κ2) is 10.1. The average Bonchev–Trinajstić information content (AvgIpc) is 3.44. The van der Waals surface area contributed by atoms with Crippen LogP contribution < -0.4 is 5.32 Å². The van der Waals surface area contributed by atoms with Gasteiger partial charge >= 0.3 is 5.97 Å². The molecule has 33 heavy (non-hydrogen) atoms. The Kier molecular flexibility index (Phi) is 6.99. The zero-order chi connectivity index (χ0) is 23.4. The van der Waals surface area contributed by atoms with E-state index in [0.717, 1.165) is 5.56 Å². The summed E-state index contributed by atoms with van der Waals surface area (Å²) >= 11 is 2.41. The number of fused-ring (bicyclic) bond motifs is 1. The number of ether oxygens (including phenoxy) is 1. The molecule has 0 fully saturated rings. The second-order valence-electron chi connectivity index (χ2n) is 7.26. The summed E-state index contributed by atoms with van der Waals surface area (Å²) in [5.41, 5.74) is 2.67. The maximum atomic E-state index is 13.2. The third-order valence-corrected chi connectivity index (χ3v) is 6.56. The Morgan fingerprint density at radius 3 is 2.73 bits per heavy atom. The van der Waals surface area contributed by atoms with E-state index in [9.17, 15) is 9.59 Å². The van der Waals surface area contributed by atoms with E-state index in [1.165, 1.54) is 23.1 Å². The molecule has 0 aliphatic carbocycles. The number of hydrogen-bond acceptors (Lipinski definition) is 9. The van der Waals surface area contributed by atoms with Crippen LogP contribution in [0.3, 0.4) is 0 Å². The van der Waals surface area contributed by atoms with E-state index >= 15 is 0 Å². The standard InChI is InChI=1S/C22H22N6O3S2/c1-4-31-18(29)12-32-22-27-26-21(33-22)25-20(30)15-10-17(14-8-6-5-7-9-14)24-19-16(15)11-23-28(19)13(2)3/h5-11,13H,4,12H2,1-3H3,(H,25,26,30). The van der Waals surface area contributed by atoms with Crippen molar-refractivity contribution in [1.29, 1.82) is 0 Å². The van der Waals surface area contributed by atoms with Crippen LogP contribution in [0.5, 0.6) is 0 Å². The van der Waals surface area contributed by atoms with Crippen molar-refractivity contribution in [3.05, 3.63) is 48.2 Å². The molecule has 0 radical (unpaired) electrons. The summed E-state index contributed by atoms with van der Waals surface area (Å²) in [7, 11) is 0. The Balaban J connectivity index is 1.62. The maximum Gasteiger partial charge on any atom is 0.316 e. The molecule has 0 saturated heterocycles. The minimum atomic E-state index is -0.332. The predicted octanol–water partition coefficient (Wildman–Crippen LogP) is 4.44. The normalized spacial score (nSPS) is 11.2. The van der Waals surface area contributed by atoms with Crippen molar-refractivity contribution in [2.75, 3.05) is 17.7 Å². The number of pyridine rings is 1. The van der Waals surface area contributed by atoms with Crippen molar-refractivity contribution >= 4 is 51.1 Å². The van der Waals surface area contributed by atoms with Crippen LogP contribution in [0, 0.1) is 0 Å². The topological polar surface area (TPSA) is 112 Å². The summed E-state index contributed by atoms with van der Waals surface area (Å²) in [5.74, 6) is -0.519. The third-order valence-electron chi connectivity index (χ3n) is 4.62. The molecule has 0 aliphatic rings. The fraction of sp³-hybridized carbons (Fsp3) is 0.273. The molecule has 1 N–H and O–H groups in total. The monoisotopic (exact) mass is 482 g/mol. The van der Waals surface area contributed by atoms with Gasteiger partial charge in [-0.05, 0) is 26.8 Å². The van der Waals surface area contributed by atoms with Gasteiger partial charge in [0.2, 0.25) is 5.13 Å². The highest BCUT2D eigenvalue weighted by Crippen LogP contribution is 2.29. The zero-order valence-corrected chi connectivity index (χ0v) is 19.9. The lowest BCUT2D eigenvalue weighted by molar-refractivity contribution is -0.139. The van der Waals surface area contributed by atoms with Gasteiger partial charge in [0.1, 0.15) is 0 Å². The van der Waals surface area contributed by atoms with Crippen LogP contribution in [0.2, 0.25) is 0 Å². The molecule has 11 heteroatoms. The van der Waals surface area contributed by atoms with Crippen molar-refractivity contribution in [3.8, 4) is 11.3 Å². The number of amides is 1. The predicted molar refractivity (Wildman–Crippen MR) is 129 cm³/mol. The van der Waals surface area contributed by atoms with E-state index in [-0.39, 0.29) is 23.7 Å². The molecule has 0 bridgehead atoms. The van der Waals surface area contributed by atoms with Gasteiger partial charge in [0.05, 0.1) is 35.2 Å². The molecular weight excluding hydrogens is 460 g/mol. The van der Waals surface area contributed by atoms with Crippen molar-refractivity contribution in [2.45, 2.75) is 31.2 Å². The molecule has 1 aromatic carbocycles. The van der Waals surface area contributed by atoms with Gasteiger partial charge in [-0.3, -0.25) is 14.9 Å². The Bertz CT molecular complexity index is 1290. The van der Waals surface area contributed by atoms with Gasteiger partial charge in [-0.1, -0.05) is 53.4 Å². The molecular formula is C22H22N6O3S2. The van der Waals surface area contributed by atoms with E-state index in [4.69, 9.17) is 9.72 Å². The summed E-state index contributed by atoms with van der Waals surface area (Å²) in [6.07, 6.45) is 1.66. The summed E-state index contributed by atoms with van der Waals surface area (Å²) in [6.45, 7) is 6.11. The van der Waals surface area contributed by atoms with Crippen molar-refractivity contribution in [2.24, 2.45) is 0 Å². The molecule has 3 aromatic heterocycles. The number of esters is 1. The second-order valence-corrected chi connectivity index (χ2v) is 9.46. The quantitative estimate of drug-likeness (QED) is 0.223.